The number of hydrogen-bond acceptors (Lipinski definition) is 13. The summed E-state index contributed by atoms with van der Waals surface area (Å²) in [4.78, 5) is 42.6. The highest BCUT2D eigenvalue weighted by Crippen LogP contribution is 2.42. The highest BCUT2D eigenvalue weighted by atomic mass is 16.7. The minimum absolute atomic E-state index is 0.0917. The van der Waals surface area contributed by atoms with Crippen LogP contribution in [0.4, 0.5) is 4.79 Å². The molecule has 0 unspecified atom stereocenters. The molecule has 0 aromatic carbocycles. The second-order valence-electron chi connectivity index (χ2n) is 16.9. The normalized spacial score (nSPS) is 45.0. The summed E-state index contributed by atoms with van der Waals surface area (Å²) in [5, 5.41) is 34.0. The number of aliphatic hydroxyl groups is 3. The monoisotopic (exact) mass is 742 g/mol. The Morgan fingerprint density at radius 1 is 1.02 bits per heavy atom. The molecule has 2 fully saturated rings. The number of allylic oxidation sites excluding steroid dienone is 1. The minimum atomic E-state index is -1.70. The van der Waals surface area contributed by atoms with Gasteiger partial charge in [0.15, 0.2) is 18.4 Å². The van der Waals surface area contributed by atoms with Gasteiger partial charge in [-0.05, 0) is 92.0 Å². The third-order valence-electron chi connectivity index (χ3n) is 11.3. The highest BCUT2D eigenvalue weighted by molar-refractivity contribution is 5.96. The summed E-state index contributed by atoms with van der Waals surface area (Å²) in [6, 6.07) is -0.343. The maximum Gasteiger partial charge on any atom is 0.405 e. The number of aliphatic hydroxyl groups excluding tert-OH is 2. The van der Waals surface area contributed by atoms with Crippen molar-refractivity contribution in [2.45, 2.75) is 174 Å². The van der Waals surface area contributed by atoms with Crippen molar-refractivity contribution in [2.24, 2.45) is 28.9 Å². The van der Waals surface area contributed by atoms with Crippen molar-refractivity contribution in [2.75, 3.05) is 14.1 Å². The molecule has 52 heavy (non-hydrogen) atoms. The number of Topliss-reactive ketones (excluding diaryl/α,β-unsaturated/α-hetero) is 1. The molecule has 0 radical (unpaired) electrons. The molecule has 3 heterocycles. The lowest BCUT2D eigenvalue weighted by molar-refractivity contribution is -0.311. The van der Waals surface area contributed by atoms with Crippen LogP contribution >= 0.6 is 0 Å². The molecule has 0 aromatic heterocycles. The first-order chi connectivity index (χ1) is 23.8. The summed E-state index contributed by atoms with van der Waals surface area (Å²) < 4.78 is 37.7. The lowest BCUT2D eigenvalue weighted by atomic mass is 9.75. The van der Waals surface area contributed by atoms with Gasteiger partial charge in [-0.2, -0.15) is 0 Å². The number of amides is 1. The van der Waals surface area contributed by atoms with Crippen molar-refractivity contribution in [1.29, 1.82) is 0 Å². The maximum atomic E-state index is 14.1. The smallest absolute Gasteiger partial charge is 0.405 e. The van der Waals surface area contributed by atoms with Crippen LogP contribution in [-0.4, -0.2) is 125 Å². The van der Waals surface area contributed by atoms with Gasteiger partial charge in [-0.3, -0.25) is 9.59 Å². The molecule has 5 N–H and O–H groups in total. The molecule has 2 saturated heterocycles. The van der Waals surface area contributed by atoms with Gasteiger partial charge in [-0.15, -0.1) is 0 Å². The van der Waals surface area contributed by atoms with E-state index in [4.69, 9.17) is 34.2 Å². The Morgan fingerprint density at radius 3 is 2.17 bits per heavy atom. The van der Waals surface area contributed by atoms with Gasteiger partial charge in [0.25, 0.3) is 0 Å². The molecule has 0 saturated carbocycles. The van der Waals surface area contributed by atoms with Crippen LogP contribution in [0.2, 0.25) is 0 Å². The molecule has 1 amide bonds. The van der Waals surface area contributed by atoms with Gasteiger partial charge < -0.3 is 54.4 Å². The van der Waals surface area contributed by atoms with Crippen molar-refractivity contribution < 1.29 is 58.1 Å². The molecule has 3 aliphatic rings. The molecular formula is C38H66N2O12. The number of likely N-dealkylation sites (N-methyl/N-ethyl adjacent to an activating group) is 1. The molecule has 0 spiro atoms. The molecule has 14 heteroatoms. The van der Waals surface area contributed by atoms with Gasteiger partial charge in [-0.1, -0.05) is 34.6 Å². The molecule has 0 bridgehead atoms. The molecule has 15 atom stereocenters. The number of ketones is 1. The Bertz CT molecular complexity index is 1290. The number of hydrogen-bond donors (Lipinski definition) is 4. The molecule has 300 valence electrons. The topological polar surface area (TPSA) is 197 Å². The van der Waals surface area contributed by atoms with Gasteiger partial charge in [-0.25, -0.2) is 4.79 Å². The van der Waals surface area contributed by atoms with Crippen LogP contribution in [0.25, 0.3) is 0 Å². The van der Waals surface area contributed by atoms with Gasteiger partial charge in [0, 0.05) is 24.3 Å². The Kier molecular flexibility index (Phi) is 14.5. The summed E-state index contributed by atoms with van der Waals surface area (Å²) in [5.74, 6) is -3.69. The first-order valence-electron chi connectivity index (χ1n) is 18.6. The number of primary amides is 1. The molecular weight excluding hydrogens is 676 g/mol. The number of nitrogens with zero attached hydrogens (tertiary/aromatic N) is 1. The van der Waals surface area contributed by atoms with Gasteiger partial charge in [0.1, 0.15) is 29.5 Å². The first-order valence-corrected chi connectivity index (χ1v) is 18.6. The lowest BCUT2D eigenvalue weighted by Gasteiger charge is -2.49. The molecule has 0 aromatic rings. The second-order valence-corrected chi connectivity index (χ2v) is 16.9. The van der Waals surface area contributed by atoms with Crippen molar-refractivity contribution in [1.82, 2.24) is 4.90 Å². The number of rotatable bonds is 7. The van der Waals surface area contributed by atoms with E-state index in [-0.39, 0.29) is 42.8 Å². The van der Waals surface area contributed by atoms with Crippen LogP contribution in [0, 0.1) is 23.2 Å². The van der Waals surface area contributed by atoms with E-state index in [1.807, 2.05) is 39.8 Å². The first kappa shape index (κ1) is 44.2. The van der Waals surface area contributed by atoms with Crippen molar-refractivity contribution in [3.63, 3.8) is 0 Å². The van der Waals surface area contributed by atoms with Crippen LogP contribution in [0.5, 0.6) is 0 Å². The predicted octanol–water partition coefficient (Wildman–Crippen LogP) is 3.46. The average molecular weight is 743 g/mol. The van der Waals surface area contributed by atoms with Crippen LogP contribution in [0.15, 0.2) is 11.6 Å². The Balaban J connectivity index is 2.27. The Hall–Kier alpha value is -2.17. The number of carbonyl (C=O) groups is 3. The zero-order valence-corrected chi connectivity index (χ0v) is 33.5. The van der Waals surface area contributed by atoms with E-state index < -0.39 is 95.6 Å². The summed E-state index contributed by atoms with van der Waals surface area (Å²) in [5.41, 5.74) is 1.96. The molecule has 14 nitrogen and oxygen atoms in total. The van der Waals surface area contributed by atoms with E-state index in [2.05, 4.69) is 0 Å². The van der Waals surface area contributed by atoms with E-state index in [9.17, 15) is 29.7 Å². The van der Waals surface area contributed by atoms with E-state index in [1.54, 1.807) is 48.5 Å². The summed E-state index contributed by atoms with van der Waals surface area (Å²) in [7, 11) is 3.69. The predicted molar refractivity (Wildman–Crippen MR) is 192 cm³/mol. The van der Waals surface area contributed by atoms with Crippen LogP contribution < -0.4 is 5.73 Å². The van der Waals surface area contributed by atoms with E-state index in [1.165, 1.54) is 13.0 Å². The third-order valence-corrected chi connectivity index (χ3v) is 11.3. The number of nitrogens with two attached hydrogens (primary N) is 1. The summed E-state index contributed by atoms with van der Waals surface area (Å²) >= 11 is 0. The van der Waals surface area contributed by atoms with Gasteiger partial charge in [0.05, 0.1) is 30.3 Å². The van der Waals surface area contributed by atoms with Crippen molar-refractivity contribution in [3.8, 4) is 0 Å². The summed E-state index contributed by atoms with van der Waals surface area (Å²) in [6.07, 6.45) is -6.98. The summed E-state index contributed by atoms with van der Waals surface area (Å²) in [6.45, 7) is 18.9. The largest absolute Gasteiger partial charge is 0.459 e. The Morgan fingerprint density at radius 2 is 1.63 bits per heavy atom. The fourth-order valence-corrected chi connectivity index (χ4v) is 8.43. The standard InChI is InChI=1S/C38H66N2O12/c1-14-26-37(10,46)16-19(2)28(41)20(3)17-38(11,52-35(39)45)32(51-34-29(42)25(40(12)13)15-21(4)47-34)22(5)30(23(6)33(44)49-26)50-27-18-36(8,9)31(43)24(7)48-27/h16,20-27,29-32,34,42-43,46H,14-15,17-18H2,1-13H3,(H2,39,45)/b19-16+/t20-,21-,22+,23-,24+,25+,26-,27+,29-,30+,31+,32-,34+,37+,38-/m1/s1. The molecule has 0 aliphatic carbocycles. The zero-order valence-electron chi connectivity index (χ0n) is 33.5. The zero-order chi connectivity index (χ0) is 39.7. The third kappa shape index (κ3) is 10.1. The Labute approximate surface area is 309 Å². The van der Waals surface area contributed by atoms with E-state index >= 15 is 0 Å². The van der Waals surface area contributed by atoms with Crippen LogP contribution in [0.1, 0.15) is 102 Å². The number of ether oxygens (including phenoxy) is 6. The van der Waals surface area contributed by atoms with Crippen molar-refractivity contribution in [3.05, 3.63) is 11.6 Å². The van der Waals surface area contributed by atoms with E-state index in [0.29, 0.717) is 6.42 Å². The number of cyclic esters (lactones) is 1. The van der Waals surface area contributed by atoms with Crippen molar-refractivity contribution >= 4 is 17.8 Å². The second kappa shape index (κ2) is 17.1. The fraction of sp³-hybridized carbons (Fsp3) is 0.868. The van der Waals surface area contributed by atoms with E-state index in [0.717, 1.165) is 0 Å². The average Bonchev–Trinajstić information content (AvgIpc) is 3.02. The fourth-order valence-electron chi connectivity index (χ4n) is 8.43. The molecule has 3 aliphatic heterocycles. The quantitative estimate of drug-likeness (QED) is 0.277. The van der Waals surface area contributed by atoms with Crippen LogP contribution in [0.3, 0.4) is 0 Å². The highest BCUT2D eigenvalue weighted by Gasteiger charge is 2.53. The number of carbonyl (C=O) groups excluding carboxylic acids is 3. The maximum absolute atomic E-state index is 14.1. The van der Waals surface area contributed by atoms with Gasteiger partial charge in [0.2, 0.25) is 0 Å². The van der Waals surface area contributed by atoms with Gasteiger partial charge >= 0.3 is 12.1 Å². The molecule has 3 rings (SSSR count). The minimum Gasteiger partial charge on any atom is -0.459 e. The number of esters is 1. The SMILES string of the molecule is CC[C@H]1OC(=O)[C@H](C)[C@@H](O[C@H]2CC(C)(C)[C@@H](O)[C@H](C)O2)[C@H](C)[C@@H](O[C@@H]2O[C@H](C)C[C@H](N(C)C)[C@H]2O)[C@](C)(OC(N)=O)C[C@@H](C)C(=O)/C(C)=C/[C@]1(C)O. The lowest BCUT2D eigenvalue weighted by Crippen LogP contribution is -2.61. The van der Waals surface area contributed by atoms with Crippen LogP contribution in [-0.2, 0) is 38.0 Å².